The van der Waals surface area contributed by atoms with E-state index in [0.717, 1.165) is 57.6 Å². The molecule has 10 heteroatoms. The molecule has 1 aliphatic rings. The lowest BCUT2D eigenvalue weighted by Gasteiger charge is -2.33. The lowest BCUT2D eigenvalue weighted by molar-refractivity contribution is -0.139. The van der Waals surface area contributed by atoms with Crippen LogP contribution in [0.2, 0.25) is 5.02 Å². The van der Waals surface area contributed by atoms with Crippen LogP contribution in [0.3, 0.4) is 0 Å². The van der Waals surface area contributed by atoms with E-state index in [2.05, 4.69) is 21.2 Å². The highest BCUT2D eigenvalue weighted by molar-refractivity contribution is 9.10. The number of nitrogens with zero attached hydrogens (tertiary/aromatic N) is 2. The monoisotopic (exact) mass is 673 g/mol. The van der Waals surface area contributed by atoms with E-state index >= 15 is 0 Å². The summed E-state index contributed by atoms with van der Waals surface area (Å²) in [6.45, 7) is 5.20. The maximum atomic E-state index is 14.1. The molecule has 0 bridgehead atoms. The molecule has 0 spiro atoms. The van der Waals surface area contributed by atoms with Gasteiger partial charge in [0.25, 0.3) is 10.0 Å². The van der Waals surface area contributed by atoms with Gasteiger partial charge in [-0.15, -0.1) is 0 Å². The molecule has 0 aromatic heterocycles. The van der Waals surface area contributed by atoms with Crippen molar-refractivity contribution in [3.63, 3.8) is 0 Å². The number of rotatable bonds is 10. The Balaban J connectivity index is 1.69. The number of nitrogens with one attached hydrogen (secondary N) is 1. The minimum Gasteiger partial charge on any atom is -0.352 e. The van der Waals surface area contributed by atoms with Gasteiger partial charge in [-0.1, -0.05) is 65.0 Å². The van der Waals surface area contributed by atoms with Gasteiger partial charge in [0.1, 0.15) is 12.6 Å². The molecule has 1 N–H and O–H groups in total. The minimum absolute atomic E-state index is 0.0143. The fraction of sp³-hybridized carbons (Fsp3) is 0.375. The largest absolute Gasteiger partial charge is 0.352 e. The standard InChI is InChI=1S/C32H37BrClN3O4S/c1-22-9-16-29(19-23(22)2)37(42(40,41)30-17-14-27(34)15-18-30)21-31(38)36(20-25-10-12-26(33)13-11-25)24(3)32(39)35-28-7-5-4-6-8-28/h9-19,24,28H,4-8,20-21H2,1-3H3,(H,35,39)/t24-/m1/s1. The molecule has 1 aliphatic carbocycles. The topological polar surface area (TPSA) is 86.8 Å². The summed E-state index contributed by atoms with van der Waals surface area (Å²) < 4.78 is 30.0. The molecule has 0 heterocycles. The van der Waals surface area contributed by atoms with Gasteiger partial charge in [0.15, 0.2) is 0 Å². The van der Waals surface area contributed by atoms with Gasteiger partial charge in [-0.2, -0.15) is 0 Å². The third-order valence-electron chi connectivity index (χ3n) is 7.84. The number of amides is 2. The fourth-order valence-electron chi connectivity index (χ4n) is 5.08. The molecule has 0 radical (unpaired) electrons. The molecule has 3 aromatic carbocycles. The summed E-state index contributed by atoms with van der Waals surface area (Å²) in [6.07, 6.45) is 5.12. The third kappa shape index (κ3) is 7.94. The second kappa shape index (κ2) is 14.1. The van der Waals surface area contributed by atoms with Crippen LogP contribution in [0, 0.1) is 13.8 Å². The SMILES string of the molecule is Cc1ccc(N(CC(=O)N(Cc2ccc(Br)cc2)[C@H](C)C(=O)NC2CCCCC2)S(=O)(=O)c2ccc(Cl)cc2)cc1C. The van der Waals surface area contributed by atoms with Crippen LogP contribution in [-0.2, 0) is 26.2 Å². The molecule has 7 nitrogen and oxygen atoms in total. The van der Waals surface area contributed by atoms with E-state index in [0.29, 0.717) is 10.7 Å². The predicted molar refractivity (Wildman–Crippen MR) is 171 cm³/mol. The Morgan fingerprint density at radius 3 is 2.21 bits per heavy atom. The summed E-state index contributed by atoms with van der Waals surface area (Å²) in [7, 11) is -4.16. The fourth-order valence-corrected chi connectivity index (χ4v) is 6.88. The van der Waals surface area contributed by atoms with Crippen LogP contribution in [-0.4, -0.2) is 43.8 Å². The lowest BCUT2D eigenvalue weighted by Crippen LogP contribution is -2.53. The Kier molecular flexibility index (Phi) is 10.7. The first-order chi connectivity index (χ1) is 20.0. The number of carbonyl (C=O) groups excluding carboxylic acids is 2. The third-order valence-corrected chi connectivity index (χ3v) is 10.4. The lowest BCUT2D eigenvalue weighted by atomic mass is 9.95. The molecule has 4 rings (SSSR count). The molecule has 0 aliphatic heterocycles. The van der Waals surface area contributed by atoms with Crippen molar-refractivity contribution in [2.75, 3.05) is 10.8 Å². The molecule has 0 saturated heterocycles. The molecule has 0 unspecified atom stereocenters. The van der Waals surface area contributed by atoms with Crippen LogP contribution in [0.5, 0.6) is 0 Å². The summed E-state index contributed by atoms with van der Waals surface area (Å²) in [5.41, 5.74) is 3.08. The zero-order valence-corrected chi connectivity index (χ0v) is 27.3. The van der Waals surface area contributed by atoms with E-state index in [4.69, 9.17) is 11.6 Å². The van der Waals surface area contributed by atoms with Crippen LogP contribution in [0.4, 0.5) is 5.69 Å². The number of hydrogen-bond acceptors (Lipinski definition) is 4. The van der Waals surface area contributed by atoms with Crippen molar-refractivity contribution in [2.24, 2.45) is 0 Å². The second-order valence-electron chi connectivity index (χ2n) is 10.9. The number of sulfonamides is 1. The molecule has 1 fully saturated rings. The van der Waals surface area contributed by atoms with Crippen molar-refractivity contribution in [1.82, 2.24) is 10.2 Å². The summed E-state index contributed by atoms with van der Waals surface area (Å²) in [5, 5.41) is 3.53. The minimum atomic E-state index is -4.16. The van der Waals surface area contributed by atoms with E-state index in [1.165, 1.54) is 29.2 Å². The number of hydrogen-bond donors (Lipinski definition) is 1. The highest BCUT2D eigenvalue weighted by Gasteiger charge is 2.33. The van der Waals surface area contributed by atoms with E-state index < -0.39 is 28.5 Å². The average Bonchev–Trinajstić information content (AvgIpc) is 2.97. The molecule has 1 saturated carbocycles. The highest BCUT2D eigenvalue weighted by atomic mass is 79.9. The smallest absolute Gasteiger partial charge is 0.264 e. The number of halogens is 2. The van der Waals surface area contributed by atoms with Gasteiger partial charge in [-0.05, 0) is 98.8 Å². The molecule has 3 aromatic rings. The summed E-state index contributed by atoms with van der Waals surface area (Å²) in [4.78, 5) is 29.0. The average molecular weight is 675 g/mol. The number of carbonyl (C=O) groups is 2. The van der Waals surface area contributed by atoms with E-state index in [1.807, 2.05) is 44.2 Å². The van der Waals surface area contributed by atoms with Crippen LogP contribution in [0.1, 0.15) is 55.7 Å². The van der Waals surface area contributed by atoms with Crippen molar-refractivity contribution in [2.45, 2.75) is 76.4 Å². The Morgan fingerprint density at radius 1 is 0.952 bits per heavy atom. The van der Waals surface area contributed by atoms with Crippen LogP contribution in [0.15, 0.2) is 76.1 Å². The van der Waals surface area contributed by atoms with Gasteiger partial charge < -0.3 is 10.2 Å². The summed E-state index contributed by atoms with van der Waals surface area (Å²) in [5.74, 6) is -0.731. The zero-order chi connectivity index (χ0) is 30.4. The first kappa shape index (κ1) is 32.0. The van der Waals surface area contributed by atoms with Gasteiger partial charge in [-0.25, -0.2) is 8.42 Å². The van der Waals surface area contributed by atoms with Crippen molar-refractivity contribution < 1.29 is 18.0 Å². The number of aryl methyl sites for hydroxylation is 2. The van der Waals surface area contributed by atoms with Crippen molar-refractivity contribution in [3.05, 3.63) is 92.9 Å². The maximum Gasteiger partial charge on any atom is 0.264 e. The Morgan fingerprint density at radius 2 is 1.60 bits per heavy atom. The Bertz CT molecular complexity index is 1510. The van der Waals surface area contributed by atoms with Crippen molar-refractivity contribution in [1.29, 1.82) is 0 Å². The first-order valence-electron chi connectivity index (χ1n) is 14.2. The molecular formula is C32H37BrClN3O4S. The Labute approximate surface area is 262 Å². The van der Waals surface area contributed by atoms with Gasteiger partial charge in [0, 0.05) is 22.1 Å². The predicted octanol–water partition coefficient (Wildman–Crippen LogP) is 6.78. The van der Waals surface area contributed by atoms with Crippen LogP contribution in [0.25, 0.3) is 0 Å². The van der Waals surface area contributed by atoms with Crippen LogP contribution >= 0.6 is 27.5 Å². The van der Waals surface area contributed by atoms with E-state index in [9.17, 15) is 18.0 Å². The van der Waals surface area contributed by atoms with Gasteiger partial charge in [0.05, 0.1) is 10.6 Å². The zero-order valence-electron chi connectivity index (χ0n) is 24.1. The molecular weight excluding hydrogens is 638 g/mol. The van der Waals surface area contributed by atoms with Gasteiger partial charge in [-0.3, -0.25) is 13.9 Å². The summed E-state index contributed by atoms with van der Waals surface area (Å²) >= 11 is 9.47. The van der Waals surface area contributed by atoms with E-state index in [-0.39, 0.29) is 23.4 Å². The van der Waals surface area contributed by atoms with Gasteiger partial charge >= 0.3 is 0 Å². The normalized spacial score (nSPS) is 14.7. The highest BCUT2D eigenvalue weighted by Crippen LogP contribution is 2.27. The summed E-state index contributed by atoms with van der Waals surface area (Å²) in [6, 6.07) is 17.9. The van der Waals surface area contributed by atoms with Crippen LogP contribution < -0.4 is 9.62 Å². The first-order valence-corrected chi connectivity index (χ1v) is 16.8. The van der Waals surface area contributed by atoms with Crippen molar-refractivity contribution in [3.8, 4) is 0 Å². The molecule has 224 valence electrons. The maximum absolute atomic E-state index is 14.1. The number of benzene rings is 3. The molecule has 2 amide bonds. The molecule has 42 heavy (non-hydrogen) atoms. The second-order valence-corrected chi connectivity index (χ2v) is 14.1. The van der Waals surface area contributed by atoms with Crippen molar-refractivity contribution >= 4 is 55.1 Å². The quantitative estimate of drug-likeness (QED) is 0.257. The molecule has 1 atom stereocenters. The Hall–Kier alpha value is -2.88. The number of anilines is 1. The van der Waals surface area contributed by atoms with E-state index in [1.54, 1.807) is 19.1 Å². The van der Waals surface area contributed by atoms with Gasteiger partial charge in [0.2, 0.25) is 11.8 Å².